The van der Waals surface area contributed by atoms with Crippen molar-refractivity contribution in [3.63, 3.8) is 0 Å². The van der Waals surface area contributed by atoms with Crippen molar-refractivity contribution in [2.75, 3.05) is 26.2 Å². The van der Waals surface area contributed by atoms with E-state index >= 15 is 0 Å². The second kappa shape index (κ2) is 6.87. The molecule has 7 heteroatoms. The summed E-state index contributed by atoms with van der Waals surface area (Å²) in [6.45, 7) is 5.32. The van der Waals surface area contributed by atoms with Gasteiger partial charge in [0.2, 0.25) is 5.95 Å². The highest BCUT2D eigenvalue weighted by molar-refractivity contribution is 5.94. The molecule has 0 bridgehead atoms. The van der Waals surface area contributed by atoms with Crippen molar-refractivity contribution in [1.82, 2.24) is 19.9 Å². The first kappa shape index (κ1) is 15.6. The third-order valence-corrected chi connectivity index (χ3v) is 3.93. The Morgan fingerprint density at radius 3 is 2.96 bits per heavy atom. The van der Waals surface area contributed by atoms with E-state index in [2.05, 4.69) is 15.0 Å². The Morgan fingerprint density at radius 1 is 1.35 bits per heavy atom. The van der Waals surface area contributed by atoms with Crippen LogP contribution in [0.2, 0.25) is 0 Å². The third kappa shape index (κ3) is 3.73. The van der Waals surface area contributed by atoms with Crippen molar-refractivity contribution < 1.29 is 13.7 Å². The molecule has 23 heavy (non-hydrogen) atoms. The molecule has 6 nitrogen and oxygen atoms in total. The number of aromatic nitrogens is 2. The lowest BCUT2D eigenvalue weighted by molar-refractivity contribution is 0.0755. The molecular weight excluding hydrogens is 299 g/mol. The number of hydrogen-bond acceptors (Lipinski definition) is 5. The van der Waals surface area contributed by atoms with Gasteiger partial charge in [0.05, 0.1) is 11.3 Å². The van der Waals surface area contributed by atoms with Crippen LogP contribution >= 0.6 is 0 Å². The molecule has 0 saturated carbocycles. The Balaban J connectivity index is 1.62. The molecule has 1 saturated heterocycles. The summed E-state index contributed by atoms with van der Waals surface area (Å²) in [5.41, 5.74) is 0.925. The number of nitrogens with zero attached hydrogens (tertiary/aromatic N) is 4. The summed E-state index contributed by atoms with van der Waals surface area (Å²) in [5, 5.41) is 4.00. The number of carbonyl (C=O) groups is 1. The van der Waals surface area contributed by atoms with E-state index in [1.165, 1.54) is 12.3 Å². The highest BCUT2D eigenvalue weighted by Crippen LogP contribution is 2.13. The summed E-state index contributed by atoms with van der Waals surface area (Å²) in [6, 6.07) is 4.97. The number of aryl methyl sites for hydroxylation is 1. The number of halogens is 1. The van der Waals surface area contributed by atoms with E-state index in [1.54, 1.807) is 11.0 Å². The Morgan fingerprint density at radius 2 is 2.22 bits per heavy atom. The van der Waals surface area contributed by atoms with Crippen molar-refractivity contribution in [2.45, 2.75) is 19.9 Å². The molecule has 1 aliphatic heterocycles. The Labute approximate surface area is 133 Å². The summed E-state index contributed by atoms with van der Waals surface area (Å²) in [7, 11) is 0. The lowest BCUT2D eigenvalue weighted by atomic mass is 10.2. The number of rotatable bonds is 3. The van der Waals surface area contributed by atoms with E-state index < -0.39 is 5.95 Å². The van der Waals surface area contributed by atoms with E-state index in [-0.39, 0.29) is 11.5 Å². The van der Waals surface area contributed by atoms with Gasteiger partial charge in [-0.25, -0.2) is 4.98 Å². The molecule has 0 N–H and O–H groups in total. The summed E-state index contributed by atoms with van der Waals surface area (Å²) in [5.74, 6) is -0.218. The Bertz CT molecular complexity index is 688. The minimum Gasteiger partial charge on any atom is -0.361 e. The molecule has 0 aliphatic carbocycles. The van der Waals surface area contributed by atoms with Gasteiger partial charge in [0.15, 0.2) is 0 Å². The normalized spacial score (nSPS) is 16.3. The van der Waals surface area contributed by atoms with E-state index in [0.29, 0.717) is 19.6 Å². The zero-order valence-electron chi connectivity index (χ0n) is 13.0. The van der Waals surface area contributed by atoms with Crippen LogP contribution in [0.15, 0.2) is 28.9 Å². The van der Waals surface area contributed by atoms with Crippen molar-refractivity contribution >= 4 is 5.91 Å². The largest absolute Gasteiger partial charge is 0.361 e. The SMILES string of the molecule is Cc1cc(CN2CCCN(C(=O)c3cccnc3F)CC2)no1. The second-order valence-corrected chi connectivity index (χ2v) is 5.69. The number of pyridine rings is 1. The molecule has 0 spiro atoms. The van der Waals surface area contributed by atoms with Crippen LogP contribution in [-0.2, 0) is 6.54 Å². The average molecular weight is 318 g/mol. The minimum atomic E-state index is -0.711. The van der Waals surface area contributed by atoms with Gasteiger partial charge in [-0.15, -0.1) is 0 Å². The first-order valence-electron chi connectivity index (χ1n) is 7.68. The van der Waals surface area contributed by atoms with Crippen LogP contribution in [0.4, 0.5) is 4.39 Å². The van der Waals surface area contributed by atoms with Gasteiger partial charge in [-0.05, 0) is 25.5 Å². The van der Waals surface area contributed by atoms with Crippen LogP contribution in [0, 0.1) is 12.9 Å². The number of hydrogen-bond donors (Lipinski definition) is 0. The molecular formula is C16H19FN4O2. The van der Waals surface area contributed by atoms with Gasteiger partial charge in [-0.2, -0.15) is 4.39 Å². The first-order chi connectivity index (χ1) is 11.1. The zero-order valence-corrected chi connectivity index (χ0v) is 13.0. The smallest absolute Gasteiger partial charge is 0.258 e. The fourth-order valence-electron chi connectivity index (χ4n) is 2.77. The van der Waals surface area contributed by atoms with Crippen LogP contribution < -0.4 is 0 Å². The molecule has 0 unspecified atom stereocenters. The van der Waals surface area contributed by atoms with Gasteiger partial charge in [0, 0.05) is 45.0 Å². The Kier molecular flexibility index (Phi) is 4.66. The van der Waals surface area contributed by atoms with Gasteiger partial charge in [-0.1, -0.05) is 5.16 Å². The van der Waals surface area contributed by atoms with E-state index in [0.717, 1.165) is 31.0 Å². The standard InChI is InChI=1S/C16H19FN4O2/c1-12-10-13(19-23-12)11-20-6-3-7-21(9-8-20)16(22)14-4-2-5-18-15(14)17/h2,4-5,10H,3,6-9,11H2,1H3. The Hall–Kier alpha value is -2.28. The lowest BCUT2D eigenvalue weighted by Crippen LogP contribution is -2.35. The van der Waals surface area contributed by atoms with Crippen molar-refractivity contribution in [1.29, 1.82) is 0 Å². The second-order valence-electron chi connectivity index (χ2n) is 5.69. The molecule has 0 radical (unpaired) electrons. The van der Waals surface area contributed by atoms with E-state index in [4.69, 9.17) is 4.52 Å². The maximum Gasteiger partial charge on any atom is 0.258 e. The summed E-state index contributed by atoms with van der Waals surface area (Å²) < 4.78 is 18.8. The average Bonchev–Trinajstić information content (AvgIpc) is 2.81. The molecule has 0 atom stereocenters. The predicted octanol–water partition coefficient (Wildman–Crippen LogP) is 1.87. The van der Waals surface area contributed by atoms with Crippen molar-refractivity contribution in [3.8, 4) is 0 Å². The third-order valence-electron chi connectivity index (χ3n) is 3.93. The highest BCUT2D eigenvalue weighted by Gasteiger charge is 2.23. The predicted molar refractivity (Wildman–Crippen MR) is 81.2 cm³/mol. The van der Waals surface area contributed by atoms with Crippen LogP contribution in [0.1, 0.15) is 28.2 Å². The van der Waals surface area contributed by atoms with Crippen LogP contribution in [0.25, 0.3) is 0 Å². The van der Waals surface area contributed by atoms with Gasteiger partial charge in [-0.3, -0.25) is 9.69 Å². The first-order valence-corrected chi connectivity index (χ1v) is 7.68. The van der Waals surface area contributed by atoms with Gasteiger partial charge < -0.3 is 9.42 Å². The fourth-order valence-corrected chi connectivity index (χ4v) is 2.77. The zero-order chi connectivity index (χ0) is 16.2. The van der Waals surface area contributed by atoms with E-state index in [9.17, 15) is 9.18 Å². The van der Waals surface area contributed by atoms with E-state index in [1.807, 2.05) is 13.0 Å². The van der Waals surface area contributed by atoms with Crippen LogP contribution in [0.5, 0.6) is 0 Å². The number of carbonyl (C=O) groups excluding carboxylic acids is 1. The van der Waals surface area contributed by atoms with Crippen LogP contribution in [-0.4, -0.2) is 52.0 Å². The molecule has 2 aromatic rings. The molecule has 122 valence electrons. The summed E-state index contributed by atoms with van der Waals surface area (Å²) in [4.78, 5) is 19.9. The molecule has 1 aliphatic rings. The van der Waals surface area contributed by atoms with Crippen molar-refractivity contribution in [3.05, 3.63) is 47.4 Å². The summed E-state index contributed by atoms with van der Waals surface area (Å²) in [6.07, 6.45) is 2.18. The topological polar surface area (TPSA) is 62.5 Å². The van der Waals surface area contributed by atoms with Crippen molar-refractivity contribution in [2.24, 2.45) is 0 Å². The number of amides is 1. The monoisotopic (exact) mass is 318 g/mol. The molecule has 0 aromatic carbocycles. The maximum atomic E-state index is 13.7. The maximum absolute atomic E-state index is 13.7. The van der Waals surface area contributed by atoms with Gasteiger partial charge >= 0.3 is 0 Å². The molecule has 3 rings (SSSR count). The summed E-state index contributed by atoms with van der Waals surface area (Å²) >= 11 is 0. The molecule has 2 aromatic heterocycles. The highest BCUT2D eigenvalue weighted by atomic mass is 19.1. The molecule has 1 fully saturated rings. The van der Waals surface area contributed by atoms with Gasteiger partial charge in [0.1, 0.15) is 5.76 Å². The molecule has 3 heterocycles. The van der Waals surface area contributed by atoms with Gasteiger partial charge in [0.25, 0.3) is 5.91 Å². The fraction of sp³-hybridized carbons (Fsp3) is 0.438. The molecule has 1 amide bonds. The van der Waals surface area contributed by atoms with Crippen LogP contribution in [0.3, 0.4) is 0 Å². The lowest BCUT2D eigenvalue weighted by Gasteiger charge is -2.21. The minimum absolute atomic E-state index is 0.0353. The quantitative estimate of drug-likeness (QED) is 0.809.